The molecule has 0 saturated carbocycles. The third-order valence-corrected chi connectivity index (χ3v) is 5.37. The number of nitrogens with two attached hydrogens (primary N) is 1. The number of ether oxygens (including phenoxy) is 1. The van der Waals surface area contributed by atoms with E-state index in [4.69, 9.17) is 10.5 Å². The molecular formula is C23H25N3O2. The number of benzene rings is 2. The molecule has 1 unspecified atom stereocenters. The van der Waals surface area contributed by atoms with Crippen LogP contribution in [0.3, 0.4) is 0 Å². The second-order valence-corrected chi connectivity index (χ2v) is 7.19. The van der Waals surface area contributed by atoms with Crippen molar-refractivity contribution in [3.8, 4) is 0 Å². The lowest BCUT2D eigenvalue weighted by Crippen LogP contribution is -2.38. The van der Waals surface area contributed by atoms with Crippen LogP contribution in [0.15, 0.2) is 59.4 Å². The number of pyridine rings is 1. The quantitative estimate of drug-likeness (QED) is 0.733. The van der Waals surface area contributed by atoms with E-state index in [-0.39, 0.29) is 5.56 Å². The zero-order chi connectivity index (χ0) is 19.5. The Balaban J connectivity index is 1.63. The molecule has 3 aromatic rings. The zero-order valence-corrected chi connectivity index (χ0v) is 16.0. The molecule has 1 aliphatic rings. The summed E-state index contributed by atoms with van der Waals surface area (Å²) in [6.07, 6.45) is 1.87. The largest absolute Gasteiger partial charge is 0.398 e. The summed E-state index contributed by atoms with van der Waals surface area (Å²) in [5, 5.41) is 0.961. The van der Waals surface area contributed by atoms with Gasteiger partial charge in [0.15, 0.2) is 0 Å². The van der Waals surface area contributed by atoms with Crippen molar-refractivity contribution in [2.75, 3.05) is 26.3 Å². The van der Waals surface area contributed by atoms with Crippen molar-refractivity contribution >= 4 is 22.7 Å². The number of aromatic amines is 1. The van der Waals surface area contributed by atoms with Crippen LogP contribution in [-0.4, -0.2) is 36.2 Å². The lowest BCUT2D eigenvalue weighted by atomic mass is 10.0. The first-order valence-electron chi connectivity index (χ1n) is 9.63. The molecule has 1 fully saturated rings. The van der Waals surface area contributed by atoms with Crippen molar-refractivity contribution in [2.45, 2.75) is 13.0 Å². The Morgan fingerprint density at radius 1 is 1.14 bits per heavy atom. The fourth-order valence-corrected chi connectivity index (χ4v) is 3.70. The Bertz CT molecular complexity index is 1060. The summed E-state index contributed by atoms with van der Waals surface area (Å²) in [5.41, 5.74) is 10.1. The van der Waals surface area contributed by atoms with Gasteiger partial charge < -0.3 is 15.5 Å². The van der Waals surface area contributed by atoms with Crippen LogP contribution in [0.25, 0.3) is 22.7 Å². The lowest BCUT2D eigenvalue weighted by molar-refractivity contribution is 0.0198. The molecule has 0 radical (unpaired) electrons. The van der Waals surface area contributed by atoms with Crippen LogP contribution in [-0.2, 0) is 4.74 Å². The Hall–Kier alpha value is -2.89. The van der Waals surface area contributed by atoms with Gasteiger partial charge in [-0.3, -0.25) is 9.69 Å². The zero-order valence-electron chi connectivity index (χ0n) is 16.0. The molecule has 2 heterocycles. The molecule has 28 heavy (non-hydrogen) atoms. The first-order valence-corrected chi connectivity index (χ1v) is 9.63. The number of H-pyrrole nitrogens is 1. The van der Waals surface area contributed by atoms with Crippen LogP contribution in [0.1, 0.15) is 29.7 Å². The maximum atomic E-state index is 12.5. The van der Waals surface area contributed by atoms with Crippen LogP contribution in [0.4, 0.5) is 0 Å². The highest BCUT2D eigenvalue weighted by Gasteiger charge is 2.18. The summed E-state index contributed by atoms with van der Waals surface area (Å²) in [6, 6.07) is 18.2. The minimum absolute atomic E-state index is 0.176. The standard InChI is InChI=1S/C23H25N3O2/c1-16(26-9-11-28-12-10-26)18-7-4-5-17(13-18)14-21(24)20-15-19-6-2-3-8-22(19)25-23(20)27/h2-8,13-16H,9-12,24H2,1H3,(H,25,27)/b21-14-. The molecule has 1 aromatic heterocycles. The molecule has 2 aromatic carbocycles. The highest BCUT2D eigenvalue weighted by atomic mass is 16.5. The SMILES string of the molecule is CC(c1cccc(/C=C(\N)c2cc3ccccc3[nH]c2=O)c1)N1CCOCC1. The van der Waals surface area contributed by atoms with Crippen molar-refractivity contribution < 1.29 is 4.74 Å². The number of rotatable bonds is 4. The Morgan fingerprint density at radius 2 is 1.93 bits per heavy atom. The van der Waals surface area contributed by atoms with E-state index < -0.39 is 0 Å². The molecule has 0 bridgehead atoms. The first kappa shape index (κ1) is 18.5. The molecule has 1 atom stereocenters. The number of nitrogens with zero attached hydrogens (tertiary/aromatic N) is 1. The van der Waals surface area contributed by atoms with Crippen LogP contribution in [0, 0.1) is 0 Å². The van der Waals surface area contributed by atoms with E-state index >= 15 is 0 Å². The number of fused-ring (bicyclic) bond motifs is 1. The molecule has 0 amide bonds. The van der Waals surface area contributed by atoms with Gasteiger partial charge in [0.25, 0.3) is 5.56 Å². The highest BCUT2D eigenvalue weighted by Crippen LogP contribution is 2.23. The van der Waals surface area contributed by atoms with Crippen LogP contribution in [0.5, 0.6) is 0 Å². The molecular weight excluding hydrogens is 350 g/mol. The van der Waals surface area contributed by atoms with Gasteiger partial charge in [0.2, 0.25) is 0 Å². The molecule has 4 rings (SSSR count). The number of para-hydroxylation sites is 1. The summed E-state index contributed by atoms with van der Waals surface area (Å²) in [6.45, 7) is 5.65. The van der Waals surface area contributed by atoms with Crippen molar-refractivity contribution in [1.29, 1.82) is 0 Å². The minimum Gasteiger partial charge on any atom is -0.398 e. The van der Waals surface area contributed by atoms with Gasteiger partial charge in [0, 0.05) is 30.3 Å². The van der Waals surface area contributed by atoms with Gasteiger partial charge in [-0.1, -0.05) is 42.5 Å². The summed E-state index contributed by atoms with van der Waals surface area (Å²) in [5.74, 6) is 0. The third-order valence-electron chi connectivity index (χ3n) is 5.37. The maximum Gasteiger partial charge on any atom is 0.257 e. The Morgan fingerprint density at radius 3 is 2.75 bits per heavy atom. The van der Waals surface area contributed by atoms with Gasteiger partial charge >= 0.3 is 0 Å². The number of aromatic nitrogens is 1. The molecule has 144 valence electrons. The molecule has 1 saturated heterocycles. The third kappa shape index (κ3) is 3.86. The normalized spacial score (nSPS) is 17.0. The fraction of sp³-hybridized carbons (Fsp3) is 0.261. The monoisotopic (exact) mass is 375 g/mol. The maximum absolute atomic E-state index is 12.5. The van der Waals surface area contributed by atoms with Crippen molar-refractivity contribution in [3.05, 3.63) is 81.6 Å². The van der Waals surface area contributed by atoms with E-state index in [9.17, 15) is 4.79 Å². The average molecular weight is 375 g/mol. The predicted molar refractivity (Wildman–Crippen MR) is 114 cm³/mol. The van der Waals surface area contributed by atoms with Crippen LogP contribution < -0.4 is 11.3 Å². The summed E-state index contributed by atoms with van der Waals surface area (Å²) in [7, 11) is 0. The number of hydrogen-bond donors (Lipinski definition) is 2. The van der Waals surface area contributed by atoms with E-state index in [1.54, 1.807) is 0 Å². The van der Waals surface area contributed by atoms with Gasteiger partial charge in [-0.25, -0.2) is 0 Å². The van der Waals surface area contributed by atoms with Gasteiger partial charge in [0.1, 0.15) is 0 Å². The van der Waals surface area contributed by atoms with Crippen LogP contribution >= 0.6 is 0 Å². The fourth-order valence-electron chi connectivity index (χ4n) is 3.70. The highest BCUT2D eigenvalue weighted by molar-refractivity contribution is 5.86. The van der Waals surface area contributed by atoms with Gasteiger partial charge in [-0.2, -0.15) is 0 Å². The first-order chi connectivity index (χ1) is 13.6. The Kier molecular flexibility index (Phi) is 5.28. The van der Waals surface area contributed by atoms with Gasteiger partial charge in [-0.05, 0) is 41.6 Å². The van der Waals surface area contributed by atoms with Crippen LogP contribution in [0.2, 0.25) is 0 Å². The summed E-state index contributed by atoms with van der Waals surface area (Å²) in [4.78, 5) is 17.8. The summed E-state index contributed by atoms with van der Waals surface area (Å²) >= 11 is 0. The van der Waals surface area contributed by atoms with E-state index in [1.165, 1.54) is 5.56 Å². The van der Waals surface area contributed by atoms with E-state index in [2.05, 4.69) is 28.9 Å². The number of hydrogen-bond acceptors (Lipinski definition) is 4. The van der Waals surface area contributed by atoms with Crippen molar-refractivity contribution in [2.24, 2.45) is 5.73 Å². The van der Waals surface area contributed by atoms with E-state index in [1.807, 2.05) is 48.5 Å². The lowest BCUT2D eigenvalue weighted by Gasteiger charge is -2.32. The molecule has 0 aliphatic carbocycles. The van der Waals surface area contributed by atoms with Gasteiger partial charge in [0.05, 0.1) is 18.8 Å². The smallest absolute Gasteiger partial charge is 0.257 e. The number of morpholine rings is 1. The molecule has 3 N–H and O–H groups in total. The summed E-state index contributed by atoms with van der Waals surface area (Å²) < 4.78 is 5.45. The van der Waals surface area contributed by atoms with E-state index in [0.717, 1.165) is 42.8 Å². The molecule has 5 heteroatoms. The molecule has 1 aliphatic heterocycles. The van der Waals surface area contributed by atoms with Gasteiger partial charge in [-0.15, -0.1) is 0 Å². The number of nitrogens with one attached hydrogen (secondary N) is 1. The minimum atomic E-state index is -0.176. The second-order valence-electron chi connectivity index (χ2n) is 7.19. The molecule has 0 spiro atoms. The topological polar surface area (TPSA) is 71.4 Å². The van der Waals surface area contributed by atoms with Crippen molar-refractivity contribution in [3.63, 3.8) is 0 Å². The van der Waals surface area contributed by atoms with E-state index in [0.29, 0.717) is 17.3 Å². The second kappa shape index (κ2) is 8.00. The average Bonchev–Trinajstić information content (AvgIpc) is 2.73. The predicted octanol–water partition coefficient (Wildman–Crippen LogP) is 3.38. The molecule has 5 nitrogen and oxygen atoms in total. The van der Waals surface area contributed by atoms with Crippen molar-refractivity contribution in [1.82, 2.24) is 9.88 Å². The Labute approximate surface area is 164 Å².